The van der Waals surface area contributed by atoms with Gasteiger partial charge in [-0.2, -0.15) is 0 Å². The van der Waals surface area contributed by atoms with Crippen LogP contribution in [0.25, 0.3) is 0 Å². The van der Waals surface area contributed by atoms with E-state index < -0.39 is 0 Å². The van der Waals surface area contributed by atoms with Crippen molar-refractivity contribution in [3.63, 3.8) is 0 Å². The average molecular weight is 204 g/mol. The second-order valence-electron chi connectivity index (χ2n) is 4.71. The Morgan fingerprint density at radius 1 is 1.20 bits per heavy atom. The highest BCUT2D eigenvalue weighted by Crippen LogP contribution is 2.65. The minimum Gasteiger partial charge on any atom is -0.497 e. The van der Waals surface area contributed by atoms with Gasteiger partial charge in [0.15, 0.2) is 0 Å². The summed E-state index contributed by atoms with van der Waals surface area (Å²) in [4.78, 5) is 0. The first-order chi connectivity index (χ1) is 7.20. The van der Waals surface area contributed by atoms with Crippen LogP contribution in [0.15, 0.2) is 24.3 Å². The largest absolute Gasteiger partial charge is 0.497 e. The predicted molar refractivity (Wildman–Crippen MR) is 58.0 cm³/mol. The monoisotopic (exact) mass is 204 g/mol. The van der Waals surface area contributed by atoms with E-state index in [1.165, 1.54) is 24.8 Å². The molecule has 80 valence electrons. The first kappa shape index (κ1) is 9.22. The number of benzene rings is 1. The van der Waals surface area contributed by atoms with E-state index in [9.17, 15) is 0 Å². The molecule has 0 bridgehead atoms. The zero-order valence-corrected chi connectivity index (χ0v) is 9.25. The van der Waals surface area contributed by atoms with Gasteiger partial charge in [0.25, 0.3) is 0 Å². The Morgan fingerprint density at radius 2 is 1.87 bits per heavy atom. The minimum absolute atomic E-state index is 0.0302. The second kappa shape index (κ2) is 2.76. The summed E-state index contributed by atoms with van der Waals surface area (Å²) in [5, 5.41) is 0. The number of epoxide rings is 1. The van der Waals surface area contributed by atoms with E-state index in [0.29, 0.717) is 0 Å². The molecule has 1 aliphatic carbocycles. The van der Waals surface area contributed by atoms with Crippen molar-refractivity contribution in [2.75, 3.05) is 7.11 Å². The maximum absolute atomic E-state index is 5.95. The van der Waals surface area contributed by atoms with Crippen LogP contribution in [0.5, 0.6) is 5.75 Å². The molecule has 0 aromatic heterocycles. The normalized spacial score (nSPS) is 31.1. The zero-order valence-electron chi connectivity index (χ0n) is 9.25. The zero-order chi connectivity index (χ0) is 10.5. The molecular weight excluding hydrogens is 188 g/mol. The molecule has 1 saturated carbocycles. The van der Waals surface area contributed by atoms with Crippen molar-refractivity contribution in [1.29, 1.82) is 0 Å². The third-order valence-corrected chi connectivity index (χ3v) is 4.03. The first-order valence-corrected chi connectivity index (χ1v) is 5.55. The van der Waals surface area contributed by atoms with Crippen molar-refractivity contribution in [3.8, 4) is 5.75 Å². The van der Waals surface area contributed by atoms with Crippen LogP contribution in [0.1, 0.15) is 31.7 Å². The Bertz CT molecular complexity index is 378. The first-order valence-electron chi connectivity index (χ1n) is 5.55. The maximum Gasteiger partial charge on any atom is 0.120 e. The van der Waals surface area contributed by atoms with Crippen molar-refractivity contribution in [2.45, 2.75) is 37.4 Å². The van der Waals surface area contributed by atoms with Gasteiger partial charge in [-0.1, -0.05) is 12.1 Å². The molecule has 1 atom stereocenters. The van der Waals surface area contributed by atoms with Crippen molar-refractivity contribution in [3.05, 3.63) is 29.8 Å². The molecule has 2 heteroatoms. The lowest BCUT2D eigenvalue weighted by molar-refractivity contribution is 0.194. The van der Waals surface area contributed by atoms with Gasteiger partial charge < -0.3 is 9.47 Å². The number of methoxy groups -OCH3 is 1. The molecule has 2 nitrogen and oxygen atoms in total. The fraction of sp³-hybridized carbons (Fsp3) is 0.538. The Hall–Kier alpha value is -1.02. The maximum atomic E-state index is 5.95. The summed E-state index contributed by atoms with van der Waals surface area (Å²) in [6, 6.07) is 8.25. The summed E-state index contributed by atoms with van der Waals surface area (Å²) < 4.78 is 11.1. The Kier molecular flexibility index (Phi) is 1.70. The van der Waals surface area contributed by atoms with Crippen LogP contribution in [0, 0.1) is 0 Å². The standard InChI is InChI=1S/C13H16O2/c1-12(13(15-12)8-3-9-13)10-4-6-11(14-2)7-5-10/h4-7H,3,8-9H2,1-2H3/t12-/m1/s1. The molecule has 3 rings (SSSR count). The van der Waals surface area contributed by atoms with E-state index in [0.717, 1.165) is 5.75 Å². The molecule has 1 aromatic rings. The Balaban J connectivity index is 1.87. The highest BCUT2D eigenvalue weighted by atomic mass is 16.6. The lowest BCUT2D eigenvalue weighted by atomic mass is 9.74. The van der Waals surface area contributed by atoms with E-state index in [2.05, 4.69) is 19.1 Å². The molecule has 2 fully saturated rings. The van der Waals surface area contributed by atoms with E-state index in [1.54, 1.807) is 7.11 Å². The summed E-state index contributed by atoms with van der Waals surface area (Å²) in [7, 11) is 1.69. The van der Waals surface area contributed by atoms with Gasteiger partial charge in [-0.15, -0.1) is 0 Å². The molecule has 1 aromatic carbocycles. The van der Waals surface area contributed by atoms with Crippen LogP contribution in [0.4, 0.5) is 0 Å². The molecule has 15 heavy (non-hydrogen) atoms. The average Bonchev–Trinajstić information content (AvgIpc) is 2.87. The van der Waals surface area contributed by atoms with Gasteiger partial charge in [-0.3, -0.25) is 0 Å². The SMILES string of the molecule is COc1ccc([C@@]2(C)OC23CCC3)cc1. The summed E-state index contributed by atoms with van der Waals surface area (Å²) in [5.41, 5.74) is 1.43. The number of hydrogen-bond donors (Lipinski definition) is 0. The van der Waals surface area contributed by atoms with Crippen LogP contribution in [0.3, 0.4) is 0 Å². The highest BCUT2D eigenvalue weighted by Gasteiger charge is 2.70. The van der Waals surface area contributed by atoms with E-state index in [4.69, 9.17) is 9.47 Å². The van der Waals surface area contributed by atoms with Gasteiger partial charge in [0, 0.05) is 0 Å². The topological polar surface area (TPSA) is 21.8 Å². The van der Waals surface area contributed by atoms with Crippen molar-refractivity contribution in [1.82, 2.24) is 0 Å². The van der Waals surface area contributed by atoms with Gasteiger partial charge >= 0.3 is 0 Å². The summed E-state index contributed by atoms with van der Waals surface area (Å²) in [6.45, 7) is 2.20. The minimum atomic E-state index is -0.0302. The highest BCUT2D eigenvalue weighted by molar-refractivity contribution is 5.38. The Labute approximate surface area is 90.2 Å². The van der Waals surface area contributed by atoms with E-state index in [-0.39, 0.29) is 11.2 Å². The predicted octanol–water partition coefficient (Wildman–Crippen LogP) is 2.86. The number of ether oxygens (including phenoxy) is 2. The van der Waals surface area contributed by atoms with Gasteiger partial charge in [0.05, 0.1) is 7.11 Å². The third-order valence-electron chi connectivity index (χ3n) is 4.03. The third kappa shape index (κ3) is 1.08. The molecule has 0 radical (unpaired) electrons. The van der Waals surface area contributed by atoms with Gasteiger partial charge in [0.2, 0.25) is 0 Å². The van der Waals surface area contributed by atoms with Crippen molar-refractivity contribution >= 4 is 0 Å². The molecule has 0 N–H and O–H groups in total. The molecule has 0 amide bonds. The fourth-order valence-electron chi connectivity index (χ4n) is 2.67. The van der Waals surface area contributed by atoms with Crippen molar-refractivity contribution in [2.24, 2.45) is 0 Å². The molecule has 0 unspecified atom stereocenters. The molecule has 1 spiro atoms. The molecular formula is C13H16O2. The van der Waals surface area contributed by atoms with Crippen LogP contribution in [-0.4, -0.2) is 12.7 Å². The Morgan fingerprint density at radius 3 is 2.27 bits per heavy atom. The summed E-state index contributed by atoms with van der Waals surface area (Å²) in [6.07, 6.45) is 3.75. The summed E-state index contributed by atoms with van der Waals surface area (Å²) in [5.74, 6) is 0.908. The van der Waals surface area contributed by atoms with Gasteiger partial charge in [-0.05, 0) is 43.9 Å². The van der Waals surface area contributed by atoms with E-state index in [1.807, 2.05) is 12.1 Å². The lowest BCUT2D eigenvalue weighted by Gasteiger charge is -2.25. The van der Waals surface area contributed by atoms with Gasteiger partial charge in [-0.25, -0.2) is 0 Å². The molecule has 1 saturated heterocycles. The van der Waals surface area contributed by atoms with Crippen LogP contribution in [0.2, 0.25) is 0 Å². The van der Waals surface area contributed by atoms with Crippen molar-refractivity contribution < 1.29 is 9.47 Å². The second-order valence-corrected chi connectivity index (χ2v) is 4.71. The molecule has 1 heterocycles. The molecule has 1 aliphatic heterocycles. The number of hydrogen-bond acceptors (Lipinski definition) is 2. The fourth-order valence-corrected chi connectivity index (χ4v) is 2.67. The van der Waals surface area contributed by atoms with Gasteiger partial charge in [0.1, 0.15) is 17.0 Å². The quantitative estimate of drug-likeness (QED) is 0.691. The lowest BCUT2D eigenvalue weighted by Crippen LogP contribution is -2.29. The van der Waals surface area contributed by atoms with E-state index >= 15 is 0 Å². The van der Waals surface area contributed by atoms with Crippen LogP contribution >= 0.6 is 0 Å². The smallest absolute Gasteiger partial charge is 0.120 e. The van der Waals surface area contributed by atoms with Crippen LogP contribution in [-0.2, 0) is 10.3 Å². The van der Waals surface area contributed by atoms with Crippen LogP contribution < -0.4 is 4.74 Å². The number of rotatable bonds is 2. The molecule has 2 aliphatic rings. The summed E-state index contributed by atoms with van der Waals surface area (Å²) >= 11 is 0.